The Bertz CT molecular complexity index is 678. The van der Waals surface area contributed by atoms with Crippen molar-refractivity contribution in [2.75, 3.05) is 32.8 Å². The zero-order valence-electron chi connectivity index (χ0n) is 16.4. The van der Waals surface area contributed by atoms with Gasteiger partial charge in [-0.2, -0.15) is 0 Å². The van der Waals surface area contributed by atoms with Crippen molar-refractivity contribution in [3.63, 3.8) is 0 Å². The number of amides is 2. The van der Waals surface area contributed by atoms with E-state index >= 15 is 0 Å². The van der Waals surface area contributed by atoms with Gasteiger partial charge in [0, 0.05) is 38.6 Å². The number of hydrogen-bond donors (Lipinski definition) is 0. The number of carbonyl (C=O) groups excluding carboxylic acids is 2. The fourth-order valence-corrected chi connectivity index (χ4v) is 4.98. The summed E-state index contributed by atoms with van der Waals surface area (Å²) in [5.41, 5.74) is 0.218. The molecule has 0 aromatic heterocycles. The molecule has 1 aromatic rings. The molecule has 5 heteroatoms. The summed E-state index contributed by atoms with van der Waals surface area (Å²) in [5.74, 6) is -0.0885. The molecule has 146 valence electrons. The van der Waals surface area contributed by atoms with Crippen molar-refractivity contribution >= 4 is 11.8 Å². The lowest BCUT2D eigenvalue weighted by atomic mass is 9.81. The van der Waals surface area contributed by atoms with Gasteiger partial charge in [0.25, 0.3) is 0 Å². The predicted octanol–water partition coefficient (Wildman–Crippen LogP) is 2.61. The average Bonchev–Trinajstić information content (AvgIpc) is 2.94. The number of likely N-dealkylation sites (tertiary alicyclic amines) is 1. The summed E-state index contributed by atoms with van der Waals surface area (Å²) in [5, 5.41) is 0. The third kappa shape index (κ3) is 3.67. The third-order valence-electron chi connectivity index (χ3n) is 6.77. The van der Waals surface area contributed by atoms with Gasteiger partial charge in [0.15, 0.2) is 0 Å². The molecule has 1 unspecified atom stereocenters. The molecule has 0 spiro atoms. The first-order valence-electron chi connectivity index (χ1n) is 10.4. The van der Waals surface area contributed by atoms with E-state index in [2.05, 4.69) is 9.80 Å². The van der Waals surface area contributed by atoms with Crippen molar-refractivity contribution in [3.05, 3.63) is 35.9 Å². The summed E-state index contributed by atoms with van der Waals surface area (Å²) in [6.45, 7) is 6.33. The third-order valence-corrected chi connectivity index (χ3v) is 6.77. The van der Waals surface area contributed by atoms with E-state index in [0.717, 1.165) is 37.8 Å². The number of benzene rings is 1. The molecular weight excluding hydrogens is 338 g/mol. The fourth-order valence-electron chi connectivity index (χ4n) is 4.98. The predicted molar refractivity (Wildman–Crippen MR) is 105 cm³/mol. The van der Waals surface area contributed by atoms with Gasteiger partial charge in [0.2, 0.25) is 11.8 Å². The topological polar surface area (TPSA) is 43.9 Å². The van der Waals surface area contributed by atoms with E-state index in [-0.39, 0.29) is 18.2 Å². The Morgan fingerprint density at radius 2 is 1.63 bits per heavy atom. The van der Waals surface area contributed by atoms with Crippen LogP contribution in [0, 0.1) is 0 Å². The Hall–Kier alpha value is -1.72. The van der Waals surface area contributed by atoms with E-state index < -0.39 is 5.41 Å². The largest absolute Gasteiger partial charge is 0.298 e. The summed E-state index contributed by atoms with van der Waals surface area (Å²) < 4.78 is 0. The van der Waals surface area contributed by atoms with Gasteiger partial charge in [0.05, 0.1) is 12.1 Å². The van der Waals surface area contributed by atoms with Gasteiger partial charge < -0.3 is 0 Å². The zero-order valence-corrected chi connectivity index (χ0v) is 16.4. The minimum absolute atomic E-state index is 0.0407. The molecule has 1 aliphatic carbocycles. The molecule has 4 rings (SSSR count). The van der Waals surface area contributed by atoms with Gasteiger partial charge in [-0.1, -0.05) is 49.6 Å². The maximum atomic E-state index is 13.1. The number of hydrogen-bond acceptors (Lipinski definition) is 4. The molecule has 5 nitrogen and oxygen atoms in total. The van der Waals surface area contributed by atoms with Crippen LogP contribution in [0.2, 0.25) is 0 Å². The minimum Gasteiger partial charge on any atom is -0.298 e. The molecule has 3 fully saturated rings. The molecule has 2 aliphatic heterocycles. The highest BCUT2D eigenvalue weighted by Gasteiger charge is 2.49. The highest BCUT2D eigenvalue weighted by atomic mass is 16.2. The zero-order chi connectivity index (χ0) is 18.9. The van der Waals surface area contributed by atoms with Gasteiger partial charge in [-0.25, -0.2) is 0 Å². The van der Waals surface area contributed by atoms with Crippen LogP contribution >= 0.6 is 0 Å². The van der Waals surface area contributed by atoms with E-state index in [9.17, 15) is 9.59 Å². The fraction of sp³-hybridized carbons (Fsp3) is 0.636. The molecule has 1 atom stereocenters. The highest BCUT2D eigenvalue weighted by molar-refractivity contribution is 6.08. The monoisotopic (exact) mass is 369 g/mol. The number of imide groups is 1. The van der Waals surface area contributed by atoms with Gasteiger partial charge in [-0.3, -0.25) is 24.3 Å². The summed E-state index contributed by atoms with van der Waals surface area (Å²) >= 11 is 0. The molecule has 2 amide bonds. The Morgan fingerprint density at radius 1 is 0.963 bits per heavy atom. The molecule has 1 aromatic carbocycles. The summed E-state index contributed by atoms with van der Waals surface area (Å²) in [4.78, 5) is 32.1. The molecule has 27 heavy (non-hydrogen) atoms. The first-order valence-corrected chi connectivity index (χ1v) is 10.4. The SMILES string of the molecule is CC1(c2ccccc2)CC(=O)N(CN2CCN(C3CCCCC3)CC2)C1=O. The summed E-state index contributed by atoms with van der Waals surface area (Å²) in [7, 11) is 0. The van der Waals surface area contributed by atoms with Crippen molar-refractivity contribution in [1.82, 2.24) is 14.7 Å². The number of piperazine rings is 1. The van der Waals surface area contributed by atoms with Crippen LogP contribution in [-0.2, 0) is 15.0 Å². The number of rotatable bonds is 4. The van der Waals surface area contributed by atoms with E-state index in [1.807, 2.05) is 37.3 Å². The van der Waals surface area contributed by atoms with Crippen molar-refractivity contribution in [1.29, 1.82) is 0 Å². The minimum atomic E-state index is -0.720. The summed E-state index contributed by atoms with van der Waals surface area (Å²) in [6.07, 6.45) is 7.05. The van der Waals surface area contributed by atoms with Crippen LogP contribution in [0.5, 0.6) is 0 Å². The second-order valence-electron chi connectivity index (χ2n) is 8.59. The maximum absolute atomic E-state index is 13.1. The van der Waals surface area contributed by atoms with Crippen molar-refractivity contribution in [3.8, 4) is 0 Å². The lowest BCUT2D eigenvalue weighted by Crippen LogP contribution is -2.54. The number of nitrogens with zero attached hydrogens (tertiary/aromatic N) is 3. The molecule has 0 N–H and O–H groups in total. The van der Waals surface area contributed by atoms with Crippen molar-refractivity contribution in [2.24, 2.45) is 0 Å². The van der Waals surface area contributed by atoms with Crippen LogP contribution in [0.4, 0.5) is 0 Å². The van der Waals surface area contributed by atoms with Crippen LogP contribution in [0.3, 0.4) is 0 Å². The Labute approximate surface area is 162 Å². The van der Waals surface area contributed by atoms with E-state index in [4.69, 9.17) is 0 Å². The van der Waals surface area contributed by atoms with Crippen LogP contribution in [0.1, 0.15) is 51.0 Å². The summed E-state index contributed by atoms with van der Waals surface area (Å²) in [6, 6.07) is 10.5. The molecule has 2 heterocycles. The van der Waals surface area contributed by atoms with Gasteiger partial charge in [-0.05, 0) is 25.3 Å². The molecule has 3 aliphatic rings. The molecular formula is C22H31N3O2. The van der Waals surface area contributed by atoms with Gasteiger partial charge in [0.1, 0.15) is 0 Å². The second kappa shape index (κ2) is 7.72. The first kappa shape index (κ1) is 18.6. The standard InChI is InChI=1S/C22H31N3O2/c1-22(18-8-4-2-5-9-18)16-20(26)25(21(22)27)17-23-12-14-24(15-13-23)19-10-6-3-7-11-19/h2,4-5,8-9,19H,3,6-7,10-17H2,1H3. The van der Waals surface area contributed by atoms with Crippen LogP contribution in [0.25, 0.3) is 0 Å². The van der Waals surface area contributed by atoms with E-state index in [1.54, 1.807) is 0 Å². The first-order chi connectivity index (χ1) is 13.1. The van der Waals surface area contributed by atoms with E-state index in [0.29, 0.717) is 6.67 Å². The highest BCUT2D eigenvalue weighted by Crippen LogP contribution is 2.36. The lowest BCUT2D eigenvalue weighted by molar-refractivity contribution is -0.142. The van der Waals surface area contributed by atoms with Crippen molar-refractivity contribution in [2.45, 2.75) is 56.9 Å². The number of carbonyl (C=O) groups is 2. The smallest absolute Gasteiger partial charge is 0.241 e. The van der Waals surface area contributed by atoms with Crippen molar-refractivity contribution < 1.29 is 9.59 Å². The van der Waals surface area contributed by atoms with Crippen LogP contribution in [0.15, 0.2) is 30.3 Å². The quantitative estimate of drug-likeness (QED) is 0.766. The van der Waals surface area contributed by atoms with E-state index in [1.165, 1.54) is 37.0 Å². The lowest BCUT2D eigenvalue weighted by Gasteiger charge is -2.41. The maximum Gasteiger partial charge on any atom is 0.241 e. The average molecular weight is 370 g/mol. The Kier molecular flexibility index (Phi) is 5.33. The normalized spacial score (nSPS) is 28.9. The Balaban J connectivity index is 1.36. The molecule has 1 saturated carbocycles. The van der Waals surface area contributed by atoms with Gasteiger partial charge in [-0.15, -0.1) is 0 Å². The van der Waals surface area contributed by atoms with Crippen LogP contribution < -0.4 is 0 Å². The molecule has 0 radical (unpaired) electrons. The van der Waals surface area contributed by atoms with Crippen LogP contribution in [-0.4, -0.2) is 65.4 Å². The second-order valence-corrected chi connectivity index (χ2v) is 8.59. The molecule has 2 saturated heterocycles. The Morgan fingerprint density at radius 3 is 2.30 bits per heavy atom. The van der Waals surface area contributed by atoms with Gasteiger partial charge >= 0.3 is 0 Å². The molecule has 0 bridgehead atoms.